The molecule has 0 aromatic heterocycles. The molecule has 0 bridgehead atoms. The Morgan fingerprint density at radius 1 is 1.29 bits per heavy atom. The summed E-state index contributed by atoms with van der Waals surface area (Å²) in [6.45, 7) is 7.93. The molecule has 0 fully saturated rings. The predicted octanol–water partition coefficient (Wildman–Crippen LogP) is 1.16. The van der Waals surface area contributed by atoms with Crippen LogP contribution in [0.3, 0.4) is 0 Å². The van der Waals surface area contributed by atoms with Gasteiger partial charge in [0.2, 0.25) is 0 Å². The molecule has 0 aromatic rings. The number of methoxy groups -OCH3 is 1. The first-order valence-electron chi connectivity index (χ1n) is 5.04. The minimum atomic E-state index is -0.713. The highest BCUT2D eigenvalue weighted by Gasteiger charge is 2.07. The summed E-state index contributed by atoms with van der Waals surface area (Å²) in [6.07, 6.45) is 0.966. The smallest absolute Gasteiger partial charge is 0.0577 e. The standard InChI is InChI=1S/C10H23NO2S/c1-10(2,3)11-6-5-8-14(12)9-7-13-4/h11H,5-9H2,1-4H3. The third-order valence-electron chi connectivity index (χ3n) is 1.72. The molecular formula is C10H23NO2S. The average Bonchev–Trinajstić information content (AvgIpc) is 2.07. The molecule has 0 heterocycles. The van der Waals surface area contributed by atoms with E-state index in [0.29, 0.717) is 12.4 Å². The van der Waals surface area contributed by atoms with Crippen LogP contribution < -0.4 is 5.32 Å². The zero-order valence-corrected chi connectivity index (χ0v) is 10.6. The highest BCUT2D eigenvalue weighted by atomic mass is 32.2. The highest BCUT2D eigenvalue weighted by molar-refractivity contribution is 7.84. The minimum Gasteiger partial charge on any atom is -0.384 e. The van der Waals surface area contributed by atoms with Crippen molar-refractivity contribution in [3.05, 3.63) is 0 Å². The maximum Gasteiger partial charge on any atom is 0.0577 e. The van der Waals surface area contributed by atoms with Crippen molar-refractivity contribution in [3.63, 3.8) is 0 Å². The van der Waals surface area contributed by atoms with Crippen LogP contribution in [0.4, 0.5) is 0 Å². The van der Waals surface area contributed by atoms with Crippen molar-refractivity contribution in [2.45, 2.75) is 32.7 Å². The molecular weight excluding hydrogens is 198 g/mol. The van der Waals surface area contributed by atoms with Gasteiger partial charge in [-0.05, 0) is 33.7 Å². The van der Waals surface area contributed by atoms with Crippen LogP contribution in [0, 0.1) is 0 Å². The van der Waals surface area contributed by atoms with E-state index in [0.717, 1.165) is 18.7 Å². The lowest BCUT2D eigenvalue weighted by molar-refractivity contribution is 0.218. The maximum absolute atomic E-state index is 11.3. The zero-order chi connectivity index (χ0) is 11.0. The third-order valence-corrected chi connectivity index (χ3v) is 3.09. The molecule has 0 rings (SSSR count). The van der Waals surface area contributed by atoms with Crippen molar-refractivity contribution in [2.24, 2.45) is 0 Å². The van der Waals surface area contributed by atoms with Gasteiger partial charge < -0.3 is 10.1 Å². The summed E-state index contributed by atoms with van der Waals surface area (Å²) in [5.41, 5.74) is 0.161. The molecule has 0 aliphatic heterocycles. The van der Waals surface area contributed by atoms with Gasteiger partial charge in [-0.1, -0.05) is 0 Å². The molecule has 3 nitrogen and oxygen atoms in total. The van der Waals surface area contributed by atoms with Crippen LogP contribution in [0.15, 0.2) is 0 Å². The van der Waals surface area contributed by atoms with Crippen LogP contribution in [0.5, 0.6) is 0 Å². The van der Waals surface area contributed by atoms with Crippen LogP contribution in [-0.2, 0) is 15.5 Å². The van der Waals surface area contributed by atoms with Gasteiger partial charge in [-0.25, -0.2) is 0 Å². The summed E-state index contributed by atoms with van der Waals surface area (Å²) < 4.78 is 16.2. The largest absolute Gasteiger partial charge is 0.384 e. The van der Waals surface area contributed by atoms with Crippen molar-refractivity contribution in [2.75, 3.05) is 31.8 Å². The summed E-state index contributed by atoms with van der Waals surface area (Å²) in [5, 5.41) is 3.37. The van der Waals surface area contributed by atoms with Crippen LogP contribution >= 0.6 is 0 Å². The number of hydrogen-bond acceptors (Lipinski definition) is 3. The second kappa shape index (κ2) is 7.37. The van der Waals surface area contributed by atoms with E-state index in [1.807, 2.05) is 0 Å². The van der Waals surface area contributed by atoms with E-state index in [1.54, 1.807) is 7.11 Å². The van der Waals surface area contributed by atoms with Gasteiger partial charge in [0.25, 0.3) is 0 Å². The van der Waals surface area contributed by atoms with Crippen molar-refractivity contribution < 1.29 is 8.95 Å². The van der Waals surface area contributed by atoms with E-state index in [2.05, 4.69) is 26.1 Å². The van der Waals surface area contributed by atoms with Crippen molar-refractivity contribution >= 4 is 10.8 Å². The van der Waals surface area contributed by atoms with Gasteiger partial charge in [-0.3, -0.25) is 4.21 Å². The van der Waals surface area contributed by atoms with Crippen LogP contribution in [0.2, 0.25) is 0 Å². The lowest BCUT2D eigenvalue weighted by Crippen LogP contribution is -2.36. The Morgan fingerprint density at radius 2 is 1.93 bits per heavy atom. The summed E-state index contributed by atoms with van der Waals surface area (Å²) >= 11 is 0. The highest BCUT2D eigenvalue weighted by Crippen LogP contribution is 1.98. The Balaban J connectivity index is 3.32. The lowest BCUT2D eigenvalue weighted by Gasteiger charge is -2.20. The molecule has 1 atom stereocenters. The second-order valence-corrected chi connectivity index (χ2v) is 6.07. The average molecular weight is 221 g/mol. The summed E-state index contributed by atoms with van der Waals surface area (Å²) in [5.74, 6) is 1.43. The Bertz CT molecular complexity index is 166. The predicted molar refractivity (Wildman–Crippen MR) is 62.1 cm³/mol. The Labute approximate surface area is 90.1 Å². The first-order valence-corrected chi connectivity index (χ1v) is 6.53. The Kier molecular flexibility index (Phi) is 7.41. The first-order chi connectivity index (χ1) is 6.45. The van der Waals surface area contributed by atoms with Crippen molar-refractivity contribution in [1.82, 2.24) is 5.32 Å². The molecule has 86 valence electrons. The van der Waals surface area contributed by atoms with Crippen LogP contribution in [0.25, 0.3) is 0 Å². The molecule has 0 aliphatic carbocycles. The molecule has 0 aliphatic rings. The molecule has 0 spiro atoms. The fraction of sp³-hybridized carbons (Fsp3) is 1.00. The van der Waals surface area contributed by atoms with Gasteiger partial charge in [0.05, 0.1) is 6.61 Å². The van der Waals surface area contributed by atoms with Gasteiger partial charge in [0, 0.05) is 35.0 Å². The number of hydrogen-bond donors (Lipinski definition) is 1. The molecule has 1 unspecified atom stereocenters. The van der Waals surface area contributed by atoms with E-state index in [-0.39, 0.29) is 5.54 Å². The van der Waals surface area contributed by atoms with Gasteiger partial charge in [0.15, 0.2) is 0 Å². The van der Waals surface area contributed by atoms with Crippen LogP contribution in [0.1, 0.15) is 27.2 Å². The number of ether oxygens (including phenoxy) is 1. The second-order valence-electron chi connectivity index (χ2n) is 4.37. The minimum absolute atomic E-state index is 0.161. The maximum atomic E-state index is 11.3. The molecule has 0 saturated carbocycles. The van der Waals surface area contributed by atoms with E-state index < -0.39 is 10.8 Å². The number of nitrogens with one attached hydrogen (secondary N) is 1. The summed E-state index contributed by atoms with van der Waals surface area (Å²) in [4.78, 5) is 0. The quantitative estimate of drug-likeness (QED) is 0.656. The molecule has 0 aromatic carbocycles. The molecule has 1 N–H and O–H groups in total. The Morgan fingerprint density at radius 3 is 2.43 bits per heavy atom. The van der Waals surface area contributed by atoms with E-state index in [1.165, 1.54) is 0 Å². The first kappa shape index (κ1) is 14.1. The van der Waals surface area contributed by atoms with Gasteiger partial charge in [0.1, 0.15) is 0 Å². The molecule has 0 amide bonds. The molecule has 14 heavy (non-hydrogen) atoms. The normalized spacial score (nSPS) is 14.3. The summed E-state index contributed by atoms with van der Waals surface area (Å²) in [7, 11) is 0.924. The fourth-order valence-electron chi connectivity index (χ4n) is 0.975. The van der Waals surface area contributed by atoms with Gasteiger partial charge in [-0.15, -0.1) is 0 Å². The van der Waals surface area contributed by atoms with Crippen molar-refractivity contribution in [3.8, 4) is 0 Å². The Hall–Kier alpha value is 0.0700. The van der Waals surface area contributed by atoms with Crippen LogP contribution in [-0.4, -0.2) is 41.5 Å². The zero-order valence-electron chi connectivity index (χ0n) is 9.76. The monoisotopic (exact) mass is 221 g/mol. The van der Waals surface area contributed by atoms with E-state index in [4.69, 9.17) is 4.74 Å². The van der Waals surface area contributed by atoms with E-state index in [9.17, 15) is 4.21 Å². The molecule has 4 heteroatoms. The van der Waals surface area contributed by atoms with E-state index >= 15 is 0 Å². The fourth-order valence-corrected chi connectivity index (χ4v) is 2.00. The summed E-state index contributed by atoms with van der Waals surface area (Å²) in [6, 6.07) is 0. The molecule has 0 saturated heterocycles. The third kappa shape index (κ3) is 10.2. The lowest BCUT2D eigenvalue weighted by atomic mass is 10.1. The van der Waals surface area contributed by atoms with Crippen molar-refractivity contribution in [1.29, 1.82) is 0 Å². The molecule has 0 radical (unpaired) electrons. The number of rotatable bonds is 7. The SMILES string of the molecule is COCCS(=O)CCCNC(C)(C)C. The van der Waals surface area contributed by atoms with Gasteiger partial charge >= 0.3 is 0 Å². The topological polar surface area (TPSA) is 38.3 Å². The van der Waals surface area contributed by atoms with Gasteiger partial charge in [-0.2, -0.15) is 0 Å².